The number of ether oxygens (including phenoxy) is 2. The predicted octanol–water partition coefficient (Wildman–Crippen LogP) is 7.67. The highest BCUT2D eigenvalue weighted by atomic mass is 32.2. The number of phenols is 1. The van der Waals surface area contributed by atoms with Gasteiger partial charge in [0.15, 0.2) is 0 Å². The first kappa shape index (κ1) is 33.5. The molecule has 0 aromatic heterocycles. The topological polar surface area (TPSA) is 113 Å². The van der Waals surface area contributed by atoms with Crippen LogP contribution < -0.4 is 9.04 Å². The lowest BCUT2D eigenvalue weighted by Gasteiger charge is -2.31. The number of unbranched alkanes of at least 4 members (excludes halogenated alkanes) is 7. The summed E-state index contributed by atoms with van der Waals surface area (Å²) in [7, 11) is -3.74. The average Bonchev–Trinajstić information content (AvgIpc) is 3.65. The first-order chi connectivity index (χ1) is 22.3. The number of phenolic OH excluding ortho intramolecular Hbond substituents is 1. The number of aliphatic carboxylic acids is 1. The molecule has 0 amide bonds. The van der Waals surface area contributed by atoms with Crippen LogP contribution in [0.3, 0.4) is 0 Å². The van der Waals surface area contributed by atoms with Crippen molar-refractivity contribution >= 4 is 32.8 Å². The predicted molar refractivity (Wildman–Crippen MR) is 181 cm³/mol. The molecule has 2 bridgehead atoms. The Labute approximate surface area is 272 Å². The van der Waals surface area contributed by atoms with Crippen molar-refractivity contribution in [1.82, 2.24) is 0 Å². The Morgan fingerprint density at radius 3 is 2.04 bits per heavy atom. The van der Waals surface area contributed by atoms with Crippen LogP contribution in [0.25, 0.3) is 11.1 Å². The van der Waals surface area contributed by atoms with E-state index in [4.69, 9.17) is 14.6 Å². The summed E-state index contributed by atoms with van der Waals surface area (Å²) in [6, 6.07) is 24.1. The van der Waals surface area contributed by atoms with Crippen LogP contribution in [0.4, 0.5) is 5.69 Å². The molecule has 3 aromatic carbocycles. The van der Waals surface area contributed by atoms with Gasteiger partial charge in [-0.3, -0.25) is 9.10 Å². The maximum absolute atomic E-state index is 14.1. The third-order valence-electron chi connectivity index (χ3n) is 8.91. The summed E-state index contributed by atoms with van der Waals surface area (Å²) in [6.07, 6.45) is 7.94. The third-order valence-corrected chi connectivity index (χ3v) is 11.2. The summed E-state index contributed by atoms with van der Waals surface area (Å²) in [6.45, 7) is 2.80. The van der Waals surface area contributed by atoms with E-state index in [2.05, 4.69) is 0 Å². The number of carboxylic acids is 1. The Morgan fingerprint density at radius 1 is 0.826 bits per heavy atom. The Morgan fingerprint density at radius 2 is 1.41 bits per heavy atom. The fourth-order valence-corrected chi connectivity index (χ4v) is 8.66. The number of anilines is 1. The molecule has 0 radical (unpaired) electrons. The van der Waals surface area contributed by atoms with Gasteiger partial charge >= 0.3 is 5.97 Å². The molecule has 1 saturated heterocycles. The van der Waals surface area contributed by atoms with Crippen molar-refractivity contribution in [2.24, 2.45) is 0 Å². The van der Waals surface area contributed by atoms with E-state index in [0.29, 0.717) is 25.3 Å². The summed E-state index contributed by atoms with van der Waals surface area (Å²) < 4.78 is 42.2. The van der Waals surface area contributed by atoms with E-state index in [-0.39, 0.29) is 18.3 Å². The van der Waals surface area contributed by atoms with Crippen LogP contribution in [0.1, 0.15) is 82.3 Å². The molecule has 0 unspecified atom stereocenters. The lowest BCUT2D eigenvalue weighted by molar-refractivity contribution is -0.137. The lowest BCUT2D eigenvalue weighted by Crippen LogP contribution is -2.43. The van der Waals surface area contributed by atoms with Crippen LogP contribution in [0.2, 0.25) is 0 Å². The minimum Gasteiger partial charge on any atom is -0.508 e. The highest BCUT2D eigenvalue weighted by Crippen LogP contribution is 2.51. The van der Waals surface area contributed by atoms with Crippen molar-refractivity contribution in [1.29, 1.82) is 0 Å². The molecule has 2 N–H and O–H groups in total. The number of fused-ring (bicyclic) bond motifs is 2. The minimum atomic E-state index is -3.74. The Kier molecular flexibility index (Phi) is 11.4. The quantitative estimate of drug-likeness (QED) is 0.136. The number of benzene rings is 3. The van der Waals surface area contributed by atoms with Gasteiger partial charge in [0, 0.05) is 13.0 Å². The molecule has 1 fully saturated rings. The highest BCUT2D eigenvalue weighted by Gasteiger charge is 2.54. The van der Waals surface area contributed by atoms with Gasteiger partial charge in [0.2, 0.25) is 10.0 Å². The molecule has 3 atom stereocenters. The molecule has 2 aliphatic rings. The maximum atomic E-state index is 14.1. The van der Waals surface area contributed by atoms with Gasteiger partial charge in [0.1, 0.15) is 22.9 Å². The van der Waals surface area contributed by atoms with Crippen molar-refractivity contribution in [3.8, 4) is 11.5 Å². The Hall–Kier alpha value is -3.82. The number of carbonyl (C=O) groups is 1. The number of sulfonamides is 1. The van der Waals surface area contributed by atoms with Crippen molar-refractivity contribution < 1.29 is 32.9 Å². The second-order valence-electron chi connectivity index (χ2n) is 12.1. The normalized spacial score (nSPS) is 19.0. The highest BCUT2D eigenvalue weighted by molar-refractivity contribution is 7.93. The molecule has 2 aliphatic heterocycles. The number of nitrogens with zero attached hydrogens (tertiary/aromatic N) is 1. The Balaban J connectivity index is 1.25. The molecule has 5 rings (SSSR count). The zero-order chi connectivity index (χ0) is 32.5. The fourth-order valence-electron chi connectivity index (χ4n) is 6.63. The van der Waals surface area contributed by atoms with Crippen LogP contribution >= 0.6 is 0 Å². The minimum absolute atomic E-state index is 0.173. The van der Waals surface area contributed by atoms with E-state index in [1.165, 1.54) is 4.31 Å². The molecule has 9 heteroatoms. The molecular formula is C37H45NO7S. The number of rotatable bonds is 18. The van der Waals surface area contributed by atoms with Gasteiger partial charge < -0.3 is 19.7 Å². The second-order valence-corrected chi connectivity index (χ2v) is 14.2. The Bertz CT molecular complexity index is 1570. The number of para-hydroxylation sites is 1. The van der Waals surface area contributed by atoms with E-state index >= 15 is 0 Å². The van der Waals surface area contributed by atoms with Gasteiger partial charge in [-0.1, -0.05) is 81.0 Å². The molecule has 246 valence electrons. The number of hydrogen-bond donors (Lipinski definition) is 2. The number of carboxylic acid groups (broad SMARTS) is 1. The molecule has 46 heavy (non-hydrogen) atoms. The summed E-state index contributed by atoms with van der Waals surface area (Å²) in [5, 5.41) is 17.9. The third kappa shape index (κ3) is 7.93. The van der Waals surface area contributed by atoms with Gasteiger partial charge in [-0.2, -0.15) is 0 Å². The van der Waals surface area contributed by atoms with Crippen LogP contribution in [0.15, 0.2) is 78.9 Å². The molecular weight excluding hydrogens is 602 g/mol. The molecule has 0 aliphatic carbocycles. The molecule has 8 nitrogen and oxygen atoms in total. The van der Waals surface area contributed by atoms with Crippen LogP contribution in [-0.4, -0.2) is 55.2 Å². The van der Waals surface area contributed by atoms with Crippen molar-refractivity contribution in [2.45, 2.75) is 88.6 Å². The molecule has 0 saturated carbocycles. The largest absolute Gasteiger partial charge is 0.508 e. The van der Waals surface area contributed by atoms with Gasteiger partial charge in [-0.15, -0.1) is 0 Å². The average molecular weight is 648 g/mol. The van der Waals surface area contributed by atoms with Crippen molar-refractivity contribution in [2.75, 3.05) is 17.5 Å². The fraction of sp³-hybridized carbons (Fsp3) is 0.432. The van der Waals surface area contributed by atoms with Crippen molar-refractivity contribution in [3.63, 3.8) is 0 Å². The zero-order valence-electron chi connectivity index (χ0n) is 26.5. The van der Waals surface area contributed by atoms with Crippen LogP contribution in [-0.2, 0) is 19.6 Å². The van der Waals surface area contributed by atoms with Gasteiger partial charge in [-0.05, 0) is 84.9 Å². The molecule has 2 heterocycles. The van der Waals surface area contributed by atoms with E-state index < -0.39 is 27.3 Å². The van der Waals surface area contributed by atoms with Crippen LogP contribution in [0, 0.1) is 0 Å². The van der Waals surface area contributed by atoms with E-state index in [0.717, 1.165) is 79.4 Å². The monoisotopic (exact) mass is 647 g/mol. The lowest BCUT2D eigenvalue weighted by atomic mass is 9.83. The van der Waals surface area contributed by atoms with Gasteiger partial charge in [-0.25, -0.2) is 8.42 Å². The number of hydrogen-bond acceptors (Lipinski definition) is 6. The van der Waals surface area contributed by atoms with Gasteiger partial charge in [0.05, 0.1) is 18.4 Å². The SMILES string of the molecule is CCN(c1ccccc1)S(=O)(=O)[C@H]1C[C@H]2O[C@@H]1C(c1ccc(OCCCCCCCCCCC(=O)O)cc1)=C2c1ccc(O)cc1. The van der Waals surface area contributed by atoms with Gasteiger partial charge in [0.25, 0.3) is 0 Å². The molecule has 3 aromatic rings. The summed E-state index contributed by atoms with van der Waals surface area (Å²) >= 11 is 0. The maximum Gasteiger partial charge on any atom is 0.303 e. The summed E-state index contributed by atoms with van der Waals surface area (Å²) in [4.78, 5) is 10.6. The van der Waals surface area contributed by atoms with E-state index in [1.807, 2.05) is 73.7 Å². The molecule has 0 spiro atoms. The van der Waals surface area contributed by atoms with Crippen molar-refractivity contribution in [3.05, 3.63) is 90.0 Å². The zero-order valence-corrected chi connectivity index (χ0v) is 27.3. The summed E-state index contributed by atoms with van der Waals surface area (Å²) in [5.41, 5.74) is 4.29. The standard InChI is InChI=1S/C37H45NO7S/c1-2-38(29-14-10-9-11-15-29)46(42,43)33-26-32-35(27-17-21-30(39)22-18-27)36(37(33)45-32)28-19-23-31(24-20-28)44-25-13-8-6-4-3-5-7-12-16-34(40)41/h9-11,14-15,17-24,32-33,37,39H,2-8,12-13,16,25-26H2,1H3,(H,40,41)/t32-,33+,37+/m1/s1. The smallest absolute Gasteiger partial charge is 0.303 e. The first-order valence-corrected chi connectivity index (χ1v) is 18.0. The van der Waals surface area contributed by atoms with E-state index in [9.17, 15) is 18.3 Å². The second kappa shape index (κ2) is 15.6. The van der Waals surface area contributed by atoms with Crippen LogP contribution in [0.5, 0.6) is 11.5 Å². The van der Waals surface area contributed by atoms with E-state index in [1.54, 1.807) is 12.1 Å². The first-order valence-electron chi connectivity index (χ1n) is 16.5. The summed E-state index contributed by atoms with van der Waals surface area (Å²) in [5.74, 6) is 0.224. The number of aromatic hydroxyl groups is 1.